The maximum Gasteiger partial charge on any atom is 0.163 e. The molecule has 1 aromatic carbocycles. The zero-order valence-electron chi connectivity index (χ0n) is 9.64. The molecule has 1 aromatic heterocycles. The molecular weight excluding hydrogens is 210 g/mol. The van der Waals surface area contributed by atoms with Crippen LogP contribution in [0.25, 0.3) is 0 Å². The van der Waals surface area contributed by atoms with Crippen LogP contribution in [0.1, 0.15) is 16.8 Å². The topological polar surface area (TPSA) is 48.7 Å². The molecule has 0 atom stereocenters. The molecule has 0 unspecified atom stereocenters. The highest BCUT2D eigenvalue weighted by Crippen LogP contribution is 2.13. The van der Waals surface area contributed by atoms with Gasteiger partial charge >= 0.3 is 0 Å². The maximum atomic E-state index is 8.91. The first-order valence-electron chi connectivity index (χ1n) is 5.44. The summed E-state index contributed by atoms with van der Waals surface area (Å²) in [5.41, 5.74) is 3.63. The third-order valence-electron chi connectivity index (χ3n) is 2.48. The zero-order chi connectivity index (χ0) is 12.1. The van der Waals surface area contributed by atoms with Crippen molar-refractivity contribution in [3.8, 4) is 6.07 Å². The van der Waals surface area contributed by atoms with Crippen molar-refractivity contribution in [1.82, 2.24) is 4.98 Å². The Balaban J connectivity index is 2.10. The molecule has 0 radical (unpaired) electrons. The molecule has 2 aromatic rings. The van der Waals surface area contributed by atoms with Gasteiger partial charge < -0.3 is 5.32 Å². The molecule has 0 amide bonds. The minimum atomic E-state index is 0.431. The van der Waals surface area contributed by atoms with Crippen molar-refractivity contribution in [3.63, 3.8) is 0 Å². The van der Waals surface area contributed by atoms with Crippen LogP contribution in [-0.2, 0) is 6.54 Å². The number of benzene rings is 1. The van der Waals surface area contributed by atoms with Crippen molar-refractivity contribution in [3.05, 3.63) is 59.4 Å². The summed E-state index contributed by atoms with van der Waals surface area (Å²) in [6, 6.07) is 14.0. The van der Waals surface area contributed by atoms with Gasteiger partial charge in [-0.2, -0.15) is 5.26 Å². The van der Waals surface area contributed by atoms with E-state index in [2.05, 4.69) is 41.5 Å². The summed E-state index contributed by atoms with van der Waals surface area (Å²) < 4.78 is 0. The number of nitriles is 1. The summed E-state index contributed by atoms with van der Waals surface area (Å²) >= 11 is 0. The van der Waals surface area contributed by atoms with Crippen molar-refractivity contribution < 1.29 is 0 Å². The van der Waals surface area contributed by atoms with Gasteiger partial charge in [-0.05, 0) is 24.6 Å². The number of hydrogen-bond donors (Lipinski definition) is 1. The van der Waals surface area contributed by atoms with E-state index in [0.29, 0.717) is 12.2 Å². The van der Waals surface area contributed by atoms with Crippen molar-refractivity contribution in [2.45, 2.75) is 13.5 Å². The molecule has 0 bridgehead atoms. The molecule has 1 heterocycles. The standard InChI is InChI=1S/C14H13N3/c1-11-4-2-5-12(8-11)10-17-13-6-3-7-16-14(13)9-15/h2-8,17H,10H2,1H3. The van der Waals surface area contributed by atoms with E-state index in [1.165, 1.54) is 11.1 Å². The highest BCUT2D eigenvalue weighted by Gasteiger charge is 2.01. The Morgan fingerprint density at radius 3 is 2.94 bits per heavy atom. The van der Waals surface area contributed by atoms with Crippen LogP contribution in [-0.4, -0.2) is 4.98 Å². The number of aromatic nitrogens is 1. The second-order valence-corrected chi connectivity index (χ2v) is 3.85. The average molecular weight is 223 g/mol. The van der Waals surface area contributed by atoms with E-state index in [1.807, 2.05) is 18.2 Å². The Morgan fingerprint density at radius 2 is 2.18 bits per heavy atom. The molecule has 0 fully saturated rings. The molecule has 3 heteroatoms. The Labute approximate surface area is 101 Å². The molecule has 0 aliphatic carbocycles. The Kier molecular flexibility index (Phi) is 3.37. The first-order valence-corrected chi connectivity index (χ1v) is 5.44. The quantitative estimate of drug-likeness (QED) is 0.870. The highest BCUT2D eigenvalue weighted by molar-refractivity contribution is 5.53. The second-order valence-electron chi connectivity index (χ2n) is 3.85. The maximum absolute atomic E-state index is 8.91. The van der Waals surface area contributed by atoms with Gasteiger partial charge in [-0.15, -0.1) is 0 Å². The van der Waals surface area contributed by atoms with E-state index in [1.54, 1.807) is 6.20 Å². The number of rotatable bonds is 3. The van der Waals surface area contributed by atoms with Crippen LogP contribution in [0, 0.1) is 18.3 Å². The summed E-state index contributed by atoms with van der Waals surface area (Å²) in [6.07, 6.45) is 1.62. The largest absolute Gasteiger partial charge is 0.379 e. The number of nitrogens with zero attached hydrogens (tertiary/aromatic N) is 2. The van der Waals surface area contributed by atoms with Crippen LogP contribution in [0.15, 0.2) is 42.6 Å². The molecule has 0 saturated carbocycles. The first-order chi connectivity index (χ1) is 8.29. The minimum absolute atomic E-state index is 0.431. The van der Waals surface area contributed by atoms with Gasteiger partial charge in [0.1, 0.15) is 6.07 Å². The molecular formula is C14H13N3. The number of pyridine rings is 1. The summed E-state index contributed by atoms with van der Waals surface area (Å²) in [6.45, 7) is 2.76. The average Bonchev–Trinajstić information content (AvgIpc) is 2.37. The lowest BCUT2D eigenvalue weighted by Crippen LogP contribution is -2.02. The fourth-order valence-corrected chi connectivity index (χ4v) is 1.66. The number of anilines is 1. The summed E-state index contributed by atoms with van der Waals surface area (Å²) in [5.74, 6) is 0. The monoisotopic (exact) mass is 223 g/mol. The van der Waals surface area contributed by atoms with Crippen molar-refractivity contribution in [2.75, 3.05) is 5.32 Å². The third-order valence-corrected chi connectivity index (χ3v) is 2.48. The molecule has 0 aliphatic heterocycles. The van der Waals surface area contributed by atoms with Crippen molar-refractivity contribution in [1.29, 1.82) is 5.26 Å². The Hall–Kier alpha value is -2.34. The summed E-state index contributed by atoms with van der Waals surface area (Å²) in [7, 11) is 0. The zero-order valence-corrected chi connectivity index (χ0v) is 9.64. The predicted octanol–water partition coefficient (Wildman–Crippen LogP) is 2.87. The number of aryl methyl sites for hydroxylation is 1. The lowest BCUT2D eigenvalue weighted by atomic mass is 10.1. The van der Waals surface area contributed by atoms with E-state index in [-0.39, 0.29) is 0 Å². The van der Waals surface area contributed by atoms with Gasteiger partial charge in [0.25, 0.3) is 0 Å². The van der Waals surface area contributed by atoms with E-state index in [0.717, 1.165) is 5.69 Å². The predicted molar refractivity (Wildman–Crippen MR) is 67.5 cm³/mol. The fraction of sp³-hybridized carbons (Fsp3) is 0.143. The molecule has 0 aliphatic rings. The molecule has 0 spiro atoms. The molecule has 84 valence electrons. The van der Waals surface area contributed by atoms with Crippen LogP contribution in [0.5, 0.6) is 0 Å². The normalized spacial score (nSPS) is 9.65. The SMILES string of the molecule is Cc1cccc(CNc2cccnc2C#N)c1. The number of nitrogens with one attached hydrogen (secondary N) is 1. The molecule has 1 N–H and O–H groups in total. The summed E-state index contributed by atoms with van der Waals surface area (Å²) in [4.78, 5) is 4.00. The van der Waals surface area contributed by atoms with Crippen LogP contribution >= 0.6 is 0 Å². The van der Waals surface area contributed by atoms with E-state index in [4.69, 9.17) is 5.26 Å². The van der Waals surface area contributed by atoms with Crippen LogP contribution in [0.4, 0.5) is 5.69 Å². The van der Waals surface area contributed by atoms with Gasteiger partial charge in [-0.25, -0.2) is 4.98 Å². The number of hydrogen-bond acceptors (Lipinski definition) is 3. The Bertz CT molecular complexity index is 555. The third kappa shape index (κ3) is 2.82. The minimum Gasteiger partial charge on any atom is -0.379 e. The lowest BCUT2D eigenvalue weighted by Gasteiger charge is -2.07. The van der Waals surface area contributed by atoms with Crippen molar-refractivity contribution in [2.24, 2.45) is 0 Å². The second kappa shape index (κ2) is 5.13. The van der Waals surface area contributed by atoms with Gasteiger partial charge in [0.05, 0.1) is 5.69 Å². The molecule has 2 rings (SSSR count). The van der Waals surface area contributed by atoms with Gasteiger partial charge in [-0.3, -0.25) is 0 Å². The van der Waals surface area contributed by atoms with E-state index < -0.39 is 0 Å². The van der Waals surface area contributed by atoms with E-state index in [9.17, 15) is 0 Å². The van der Waals surface area contributed by atoms with Gasteiger partial charge in [0.15, 0.2) is 5.69 Å². The molecule has 3 nitrogen and oxygen atoms in total. The van der Waals surface area contributed by atoms with Crippen LogP contribution in [0.2, 0.25) is 0 Å². The smallest absolute Gasteiger partial charge is 0.163 e. The van der Waals surface area contributed by atoms with Gasteiger partial charge in [0, 0.05) is 12.7 Å². The van der Waals surface area contributed by atoms with Gasteiger partial charge in [0.2, 0.25) is 0 Å². The van der Waals surface area contributed by atoms with Crippen LogP contribution < -0.4 is 5.32 Å². The van der Waals surface area contributed by atoms with E-state index >= 15 is 0 Å². The fourth-order valence-electron chi connectivity index (χ4n) is 1.66. The van der Waals surface area contributed by atoms with Crippen molar-refractivity contribution >= 4 is 5.69 Å². The Morgan fingerprint density at radius 1 is 1.29 bits per heavy atom. The summed E-state index contributed by atoms with van der Waals surface area (Å²) in [5, 5.41) is 12.1. The highest BCUT2D eigenvalue weighted by atomic mass is 14.9. The van der Waals surface area contributed by atoms with Crippen LogP contribution in [0.3, 0.4) is 0 Å². The lowest BCUT2D eigenvalue weighted by molar-refractivity contribution is 1.12. The van der Waals surface area contributed by atoms with Gasteiger partial charge in [-0.1, -0.05) is 29.8 Å². The molecule has 17 heavy (non-hydrogen) atoms. The first kappa shape index (κ1) is 11.2. The molecule has 0 saturated heterocycles.